The number of amides is 1. The lowest BCUT2D eigenvalue weighted by Gasteiger charge is -2.09. The molecule has 0 aliphatic carbocycles. The fourth-order valence-corrected chi connectivity index (χ4v) is 1.98. The van der Waals surface area contributed by atoms with Gasteiger partial charge in [0.05, 0.1) is 0 Å². The molecule has 0 bridgehead atoms. The summed E-state index contributed by atoms with van der Waals surface area (Å²) in [5, 5.41) is 11.2. The molecule has 0 radical (unpaired) electrons. The number of carbonyl (C=O) groups is 2. The van der Waals surface area contributed by atoms with E-state index in [0.717, 1.165) is 10.6 Å². The zero-order chi connectivity index (χ0) is 14.4. The second-order valence-electron chi connectivity index (χ2n) is 3.67. The van der Waals surface area contributed by atoms with E-state index in [1.54, 1.807) is 6.92 Å². The number of aliphatic carboxylic acids is 1. The molecule has 0 aliphatic rings. The highest BCUT2D eigenvalue weighted by Crippen LogP contribution is 2.19. The van der Waals surface area contributed by atoms with Gasteiger partial charge in [0.2, 0.25) is 0 Å². The zero-order valence-electron chi connectivity index (χ0n) is 11.1. The van der Waals surface area contributed by atoms with Crippen LogP contribution in [0.2, 0.25) is 0 Å². The van der Waals surface area contributed by atoms with E-state index in [9.17, 15) is 9.59 Å². The van der Waals surface area contributed by atoms with Crippen molar-refractivity contribution in [3.63, 3.8) is 0 Å². The van der Waals surface area contributed by atoms with Crippen LogP contribution >= 0.6 is 11.8 Å². The van der Waals surface area contributed by atoms with E-state index in [4.69, 9.17) is 5.11 Å². The van der Waals surface area contributed by atoms with Gasteiger partial charge >= 0.3 is 5.97 Å². The number of carboxylic acids is 1. The minimum absolute atomic E-state index is 0.152. The maximum absolute atomic E-state index is 12.1. The number of nitrogens with zero attached hydrogens (tertiary/aromatic N) is 1. The standard InChI is InChI=1S/C13H16N2O3S/c1-4-8-6-7-10(19-3)11(14-8)12(16)15-9(5-2)13(17)18/h5-7H,4H2,1-3H3,(H,15,16)(H,17,18)/b9-5+. The molecule has 1 rings (SSSR count). The maximum atomic E-state index is 12.1. The summed E-state index contributed by atoms with van der Waals surface area (Å²) in [6.45, 7) is 3.49. The Morgan fingerprint density at radius 3 is 2.63 bits per heavy atom. The third-order valence-corrected chi connectivity index (χ3v) is 3.25. The second-order valence-corrected chi connectivity index (χ2v) is 4.52. The molecule has 102 valence electrons. The molecule has 0 aliphatic heterocycles. The fraction of sp³-hybridized carbons (Fsp3) is 0.308. The first-order chi connectivity index (χ1) is 9.03. The fourth-order valence-electron chi connectivity index (χ4n) is 1.44. The lowest BCUT2D eigenvalue weighted by atomic mass is 10.2. The molecule has 0 fully saturated rings. The third-order valence-electron chi connectivity index (χ3n) is 2.48. The number of rotatable bonds is 5. The number of nitrogens with one attached hydrogen (secondary N) is 1. The molecule has 1 amide bonds. The van der Waals surface area contributed by atoms with Gasteiger partial charge in [-0.15, -0.1) is 11.8 Å². The van der Waals surface area contributed by atoms with Gasteiger partial charge in [0.25, 0.3) is 5.91 Å². The Bertz CT molecular complexity index is 527. The minimum Gasteiger partial charge on any atom is -0.477 e. The lowest BCUT2D eigenvalue weighted by molar-refractivity contribution is -0.133. The molecule has 2 N–H and O–H groups in total. The van der Waals surface area contributed by atoms with Crippen LogP contribution in [-0.2, 0) is 11.2 Å². The summed E-state index contributed by atoms with van der Waals surface area (Å²) in [7, 11) is 0. The van der Waals surface area contributed by atoms with E-state index in [2.05, 4.69) is 10.3 Å². The Balaban J connectivity index is 3.07. The number of hydrogen-bond donors (Lipinski definition) is 2. The lowest BCUT2D eigenvalue weighted by Crippen LogP contribution is -2.28. The van der Waals surface area contributed by atoms with Crippen LogP contribution in [0.15, 0.2) is 28.8 Å². The summed E-state index contributed by atoms with van der Waals surface area (Å²) in [5.74, 6) is -1.68. The monoisotopic (exact) mass is 280 g/mol. The topological polar surface area (TPSA) is 79.3 Å². The van der Waals surface area contributed by atoms with Gasteiger partial charge in [-0.1, -0.05) is 13.0 Å². The normalized spacial score (nSPS) is 11.2. The van der Waals surface area contributed by atoms with Gasteiger partial charge in [-0.2, -0.15) is 0 Å². The highest BCUT2D eigenvalue weighted by atomic mass is 32.2. The largest absolute Gasteiger partial charge is 0.477 e. The first kappa shape index (κ1) is 15.2. The molecule has 0 saturated carbocycles. The molecule has 0 unspecified atom stereocenters. The van der Waals surface area contributed by atoms with Gasteiger partial charge in [0.1, 0.15) is 11.4 Å². The summed E-state index contributed by atoms with van der Waals surface area (Å²) in [4.78, 5) is 27.9. The van der Waals surface area contributed by atoms with Crippen molar-refractivity contribution in [2.24, 2.45) is 0 Å². The molecule has 6 heteroatoms. The number of aryl methyl sites for hydroxylation is 1. The van der Waals surface area contributed by atoms with Crippen molar-refractivity contribution in [3.8, 4) is 0 Å². The van der Waals surface area contributed by atoms with Crippen molar-refractivity contribution < 1.29 is 14.7 Å². The van der Waals surface area contributed by atoms with Crippen molar-refractivity contribution in [1.29, 1.82) is 0 Å². The Labute approximate surface area is 116 Å². The molecule has 5 nitrogen and oxygen atoms in total. The van der Waals surface area contributed by atoms with E-state index >= 15 is 0 Å². The van der Waals surface area contributed by atoms with Gasteiger partial charge in [-0.3, -0.25) is 4.79 Å². The Hall–Kier alpha value is -1.82. The van der Waals surface area contributed by atoms with E-state index in [0.29, 0.717) is 6.42 Å². The predicted octanol–water partition coefficient (Wildman–Crippen LogP) is 2.08. The van der Waals surface area contributed by atoms with Crippen LogP contribution in [-0.4, -0.2) is 28.2 Å². The summed E-state index contributed by atoms with van der Waals surface area (Å²) < 4.78 is 0. The number of carbonyl (C=O) groups excluding carboxylic acids is 1. The molecule has 1 heterocycles. The van der Waals surface area contributed by atoms with Crippen molar-refractivity contribution >= 4 is 23.6 Å². The molecule has 0 saturated heterocycles. The van der Waals surface area contributed by atoms with E-state index < -0.39 is 11.9 Å². The molecule has 0 spiro atoms. The van der Waals surface area contributed by atoms with Crippen LogP contribution in [0.4, 0.5) is 0 Å². The predicted molar refractivity (Wildman–Crippen MR) is 74.3 cm³/mol. The number of pyridine rings is 1. The van der Waals surface area contributed by atoms with Gasteiger partial charge < -0.3 is 10.4 Å². The highest BCUT2D eigenvalue weighted by molar-refractivity contribution is 7.98. The number of hydrogen-bond acceptors (Lipinski definition) is 4. The third kappa shape index (κ3) is 3.82. The highest BCUT2D eigenvalue weighted by Gasteiger charge is 2.17. The zero-order valence-corrected chi connectivity index (χ0v) is 11.9. The van der Waals surface area contributed by atoms with E-state index in [1.807, 2.05) is 25.3 Å². The van der Waals surface area contributed by atoms with Crippen molar-refractivity contribution in [2.75, 3.05) is 6.26 Å². The van der Waals surface area contributed by atoms with E-state index in [-0.39, 0.29) is 11.4 Å². The van der Waals surface area contributed by atoms with Crippen LogP contribution in [0, 0.1) is 0 Å². The molecule has 0 atom stereocenters. The van der Waals surface area contributed by atoms with Crippen LogP contribution < -0.4 is 5.32 Å². The molecular formula is C13H16N2O3S. The van der Waals surface area contributed by atoms with E-state index in [1.165, 1.54) is 17.8 Å². The molecule has 1 aromatic heterocycles. The number of aromatic nitrogens is 1. The first-order valence-corrected chi connectivity index (χ1v) is 7.00. The summed E-state index contributed by atoms with van der Waals surface area (Å²) >= 11 is 1.40. The first-order valence-electron chi connectivity index (χ1n) is 5.78. The number of allylic oxidation sites excluding steroid dienone is 1. The van der Waals surface area contributed by atoms with Crippen LogP contribution in [0.1, 0.15) is 30.0 Å². The van der Waals surface area contributed by atoms with Crippen molar-refractivity contribution in [3.05, 3.63) is 35.3 Å². The smallest absolute Gasteiger partial charge is 0.352 e. The van der Waals surface area contributed by atoms with Crippen molar-refractivity contribution in [2.45, 2.75) is 25.2 Å². The second kappa shape index (κ2) is 6.94. The maximum Gasteiger partial charge on any atom is 0.352 e. The summed E-state index contributed by atoms with van der Waals surface area (Å²) in [5.41, 5.74) is 0.897. The SMILES string of the molecule is C/C=C(/NC(=O)c1nc(CC)ccc1SC)C(=O)O. The Morgan fingerprint density at radius 1 is 1.47 bits per heavy atom. The number of thioether (sulfide) groups is 1. The number of carboxylic acid groups (broad SMARTS) is 1. The molecule has 0 aromatic carbocycles. The van der Waals surface area contributed by atoms with Gasteiger partial charge in [0.15, 0.2) is 0 Å². The van der Waals surface area contributed by atoms with Gasteiger partial charge in [0, 0.05) is 10.6 Å². The van der Waals surface area contributed by atoms with Crippen LogP contribution in [0.3, 0.4) is 0 Å². The van der Waals surface area contributed by atoms with Crippen molar-refractivity contribution in [1.82, 2.24) is 10.3 Å². The van der Waals surface area contributed by atoms with Gasteiger partial charge in [-0.05, 0) is 31.7 Å². The van der Waals surface area contributed by atoms with Crippen LogP contribution in [0.25, 0.3) is 0 Å². The minimum atomic E-state index is -1.17. The van der Waals surface area contributed by atoms with Gasteiger partial charge in [-0.25, -0.2) is 9.78 Å². The summed E-state index contributed by atoms with van der Waals surface area (Å²) in [6, 6.07) is 3.68. The summed E-state index contributed by atoms with van der Waals surface area (Å²) in [6.07, 6.45) is 3.89. The average molecular weight is 280 g/mol. The quantitative estimate of drug-likeness (QED) is 0.637. The molecule has 1 aromatic rings. The molecule has 19 heavy (non-hydrogen) atoms. The average Bonchev–Trinajstić information content (AvgIpc) is 2.43. The Morgan fingerprint density at radius 2 is 2.16 bits per heavy atom. The van der Waals surface area contributed by atoms with Crippen LogP contribution in [0.5, 0.6) is 0 Å². The Kier molecular flexibility index (Phi) is 5.57. The molecular weight excluding hydrogens is 264 g/mol.